The maximum atomic E-state index is 13.7. The van der Waals surface area contributed by atoms with Crippen molar-refractivity contribution in [1.82, 2.24) is 4.98 Å². The number of benzene rings is 3. The van der Waals surface area contributed by atoms with Crippen LogP contribution in [0.4, 0.5) is 13.9 Å². The Kier molecular flexibility index (Phi) is 5.11. The molecule has 3 nitrogen and oxygen atoms in total. The molecule has 4 rings (SSSR count). The molecule has 0 radical (unpaired) electrons. The van der Waals surface area contributed by atoms with Gasteiger partial charge in [-0.1, -0.05) is 47.7 Å². The molecule has 29 heavy (non-hydrogen) atoms. The van der Waals surface area contributed by atoms with Crippen molar-refractivity contribution in [2.45, 2.75) is 20.4 Å². The Balaban J connectivity index is 1.80. The van der Waals surface area contributed by atoms with Crippen LogP contribution < -0.4 is 4.90 Å². The Morgan fingerprint density at radius 3 is 2.48 bits per heavy atom. The lowest BCUT2D eigenvalue weighted by Gasteiger charge is -2.20. The van der Waals surface area contributed by atoms with Crippen LogP contribution in [0.1, 0.15) is 27.0 Å². The van der Waals surface area contributed by atoms with Gasteiger partial charge in [-0.25, -0.2) is 13.8 Å². The summed E-state index contributed by atoms with van der Waals surface area (Å²) in [7, 11) is 0. The van der Waals surface area contributed by atoms with Gasteiger partial charge in [-0.05, 0) is 54.8 Å². The van der Waals surface area contributed by atoms with Crippen molar-refractivity contribution >= 4 is 32.6 Å². The number of rotatable bonds is 4. The standard InChI is InChI=1S/C23H18F2N2OS/c1-14-10-15(2)21-20(11-14)26-23(29-21)27(13-16-6-4-3-5-7-16)22(28)17-8-9-18(24)19(25)12-17/h3-12H,13H2,1-2H3. The van der Waals surface area contributed by atoms with E-state index in [1.807, 2.05) is 50.2 Å². The molecule has 6 heteroatoms. The third-order valence-electron chi connectivity index (χ3n) is 4.63. The molecular formula is C23H18F2N2OS. The van der Waals surface area contributed by atoms with Crippen LogP contribution >= 0.6 is 11.3 Å². The molecule has 3 aromatic carbocycles. The molecular weight excluding hydrogens is 390 g/mol. The third-order valence-corrected chi connectivity index (χ3v) is 5.86. The second kappa shape index (κ2) is 7.72. The second-order valence-corrected chi connectivity index (χ2v) is 7.91. The van der Waals surface area contributed by atoms with E-state index in [2.05, 4.69) is 11.1 Å². The van der Waals surface area contributed by atoms with Gasteiger partial charge in [0, 0.05) is 5.56 Å². The molecule has 0 N–H and O–H groups in total. The van der Waals surface area contributed by atoms with Crippen LogP contribution in [0.25, 0.3) is 10.2 Å². The molecule has 0 aliphatic carbocycles. The predicted molar refractivity (Wildman–Crippen MR) is 112 cm³/mol. The summed E-state index contributed by atoms with van der Waals surface area (Å²) in [6.45, 7) is 4.28. The monoisotopic (exact) mass is 408 g/mol. The zero-order valence-corrected chi connectivity index (χ0v) is 16.8. The van der Waals surface area contributed by atoms with Gasteiger partial charge in [0.1, 0.15) is 0 Å². The third kappa shape index (κ3) is 3.89. The first-order valence-corrected chi connectivity index (χ1v) is 9.92. The van der Waals surface area contributed by atoms with E-state index in [1.165, 1.54) is 22.3 Å². The van der Waals surface area contributed by atoms with Gasteiger partial charge in [-0.2, -0.15) is 0 Å². The molecule has 0 spiro atoms. The normalized spacial score (nSPS) is 11.0. The Labute approximate surface area is 171 Å². The summed E-state index contributed by atoms with van der Waals surface area (Å²) in [5.74, 6) is -2.46. The van der Waals surface area contributed by atoms with Crippen LogP contribution in [-0.4, -0.2) is 10.9 Å². The lowest BCUT2D eigenvalue weighted by atomic mass is 10.1. The van der Waals surface area contributed by atoms with E-state index < -0.39 is 17.5 Å². The first-order chi connectivity index (χ1) is 13.9. The minimum Gasteiger partial charge on any atom is -0.279 e. The summed E-state index contributed by atoms with van der Waals surface area (Å²) >= 11 is 1.42. The Hall–Kier alpha value is -3.12. The van der Waals surface area contributed by atoms with Crippen molar-refractivity contribution < 1.29 is 13.6 Å². The minimum absolute atomic E-state index is 0.0759. The van der Waals surface area contributed by atoms with Crippen LogP contribution in [0.15, 0.2) is 60.7 Å². The topological polar surface area (TPSA) is 33.2 Å². The molecule has 0 aliphatic heterocycles. The molecule has 0 saturated heterocycles. The zero-order chi connectivity index (χ0) is 20.5. The van der Waals surface area contributed by atoms with E-state index in [-0.39, 0.29) is 12.1 Å². The van der Waals surface area contributed by atoms with Crippen molar-refractivity contribution in [3.8, 4) is 0 Å². The number of hydrogen-bond acceptors (Lipinski definition) is 3. The summed E-state index contributed by atoms with van der Waals surface area (Å²) in [4.78, 5) is 19.4. The summed E-state index contributed by atoms with van der Waals surface area (Å²) < 4.78 is 28.1. The highest BCUT2D eigenvalue weighted by atomic mass is 32.1. The molecule has 0 atom stereocenters. The van der Waals surface area contributed by atoms with Crippen LogP contribution in [0.5, 0.6) is 0 Å². The maximum absolute atomic E-state index is 13.7. The number of amides is 1. The number of anilines is 1. The molecule has 1 amide bonds. The number of halogens is 2. The lowest BCUT2D eigenvalue weighted by Crippen LogP contribution is -2.30. The quantitative estimate of drug-likeness (QED) is 0.413. The molecule has 0 unspecified atom stereocenters. The molecule has 1 aromatic heterocycles. The second-order valence-electron chi connectivity index (χ2n) is 6.93. The van der Waals surface area contributed by atoms with Gasteiger partial charge in [-0.15, -0.1) is 0 Å². The van der Waals surface area contributed by atoms with E-state index in [4.69, 9.17) is 0 Å². The van der Waals surface area contributed by atoms with Crippen molar-refractivity contribution in [3.63, 3.8) is 0 Å². The lowest BCUT2D eigenvalue weighted by molar-refractivity contribution is 0.0984. The SMILES string of the molecule is Cc1cc(C)c2sc(N(Cc3ccccc3)C(=O)c3ccc(F)c(F)c3)nc2c1. The number of carbonyl (C=O) groups is 1. The van der Waals surface area contributed by atoms with Gasteiger partial charge >= 0.3 is 0 Å². The molecule has 0 saturated carbocycles. The first kappa shape index (κ1) is 19.2. The highest BCUT2D eigenvalue weighted by Crippen LogP contribution is 2.33. The van der Waals surface area contributed by atoms with Crippen LogP contribution in [0, 0.1) is 25.5 Å². The number of thiazole rings is 1. The van der Waals surface area contributed by atoms with E-state index in [0.29, 0.717) is 5.13 Å². The number of aromatic nitrogens is 1. The van der Waals surface area contributed by atoms with Gasteiger partial charge < -0.3 is 0 Å². The molecule has 4 aromatic rings. The zero-order valence-electron chi connectivity index (χ0n) is 15.9. The average molecular weight is 408 g/mol. The summed E-state index contributed by atoms with van der Waals surface area (Å²) in [5, 5.41) is 0.521. The van der Waals surface area contributed by atoms with Crippen molar-refractivity contribution in [3.05, 3.63) is 94.6 Å². The van der Waals surface area contributed by atoms with Gasteiger partial charge in [0.25, 0.3) is 5.91 Å². The van der Waals surface area contributed by atoms with Crippen molar-refractivity contribution in [1.29, 1.82) is 0 Å². The van der Waals surface area contributed by atoms with E-state index >= 15 is 0 Å². The molecule has 0 fully saturated rings. The van der Waals surface area contributed by atoms with E-state index in [1.54, 1.807) is 0 Å². The van der Waals surface area contributed by atoms with Gasteiger partial charge in [0.05, 0.1) is 16.8 Å². The Bertz CT molecular complexity index is 1200. The Morgan fingerprint density at radius 1 is 1.00 bits per heavy atom. The van der Waals surface area contributed by atoms with Gasteiger partial charge in [-0.3, -0.25) is 9.69 Å². The first-order valence-electron chi connectivity index (χ1n) is 9.11. The molecule has 0 aliphatic rings. The highest BCUT2D eigenvalue weighted by Gasteiger charge is 2.23. The number of carbonyl (C=O) groups excluding carboxylic acids is 1. The largest absolute Gasteiger partial charge is 0.279 e. The Morgan fingerprint density at radius 2 is 1.76 bits per heavy atom. The van der Waals surface area contributed by atoms with Crippen molar-refractivity contribution in [2.75, 3.05) is 4.90 Å². The maximum Gasteiger partial charge on any atom is 0.260 e. The summed E-state index contributed by atoms with van der Waals surface area (Å²) in [6.07, 6.45) is 0. The fourth-order valence-electron chi connectivity index (χ4n) is 3.26. The number of hydrogen-bond donors (Lipinski definition) is 0. The van der Waals surface area contributed by atoms with Crippen LogP contribution in [-0.2, 0) is 6.54 Å². The molecule has 1 heterocycles. The summed E-state index contributed by atoms with van der Waals surface area (Å²) in [5.41, 5.74) is 3.98. The molecule has 0 bridgehead atoms. The predicted octanol–water partition coefficient (Wildman–Crippen LogP) is 6.04. The number of fused-ring (bicyclic) bond motifs is 1. The van der Waals surface area contributed by atoms with E-state index in [9.17, 15) is 13.6 Å². The molecule has 146 valence electrons. The smallest absolute Gasteiger partial charge is 0.260 e. The van der Waals surface area contributed by atoms with Gasteiger partial charge in [0.2, 0.25) is 0 Å². The average Bonchev–Trinajstić information content (AvgIpc) is 3.12. The fraction of sp³-hybridized carbons (Fsp3) is 0.130. The van der Waals surface area contributed by atoms with Crippen LogP contribution in [0.2, 0.25) is 0 Å². The van der Waals surface area contributed by atoms with Gasteiger partial charge in [0.15, 0.2) is 16.8 Å². The fourth-order valence-corrected chi connectivity index (χ4v) is 4.27. The minimum atomic E-state index is -1.05. The summed E-state index contributed by atoms with van der Waals surface area (Å²) in [6, 6.07) is 16.7. The number of aryl methyl sites for hydroxylation is 2. The van der Waals surface area contributed by atoms with Crippen LogP contribution in [0.3, 0.4) is 0 Å². The highest BCUT2D eigenvalue weighted by molar-refractivity contribution is 7.22. The van der Waals surface area contributed by atoms with Crippen molar-refractivity contribution in [2.24, 2.45) is 0 Å². The van der Waals surface area contributed by atoms with E-state index in [0.717, 1.165) is 39.0 Å². The number of nitrogens with zero attached hydrogens (tertiary/aromatic N) is 2.